The fourth-order valence-corrected chi connectivity index (χ4v) is 4.54. The molecule has 0 spiro atoms. The maximum Gasteiger partial charge on any atom is 0.309 e. The minimum atomic E-state index is -0.716. The van der Waals surface area contributed by atoms with Crippen molar-refractivity contribution in [2.24, 2.45) is 5.92 Å². The Morgan fingerprint density at radius 3 is 2.10 bits per heavy atom. The lowest BCUT2D eigenvalue weighted by atomic mass is 9.94. The molecule has 2 aliphatic heterocycles. The first-order chi connectivity index (χ1) is 15.0. The number of carbonyl (C=O) groups is 2. The number of aliphatic hydroxyl groups excluding tert-OH is 1. The molecule has 0 aliphatic carbocycles. The molecule has 0 aromatic heterocycles. The Morgan fingerprint density at radius 2 is 1.45 bits per heavy atom. The molecule has 0 radical (unpaired) electrons. The zero-order valence-electron chi connectivity index (χ0n) is 19.1. The lowest BCUT2D eigenvalue weighted by molar-refractivity contribution is -0.159. The van der Waals surface area contributed by atoms with E-state index in [2.05, 4.69) is 6.92 Å². The number of fused-ring (bicyclic) bond motifs is 1. The molecule has 7 heteroatoms. The Balaban J connectivity index is 1.67. The zero-order chi connectivity index (χ0) is 22.5. The molecule has 0 amide bonds. The van der Waals surface area contributed by atoms with Gasteiger partial charge in [0.05, 0.1) is 19.1 Å². The highest BCUT2D eigenvalue weighted by atomic mass is 16.6. The highest BCUT2D eigenvalue weighted by Crippen LogP contribution is 2.30. The maximum atomic E-state index is 12.9. The van der Waals surface area contributed by atoms with E-state index in [4.69, 9.17) is 19.3 Å². The van der Waals surface area contributed by atoms with Crippen molar-refractivity contribution in [1.82, 2.24) is 0 Å². The van der Waals surface area contributed by atoms with Gasteiger partial charge in [0.2, 0.25) is 0 Å². The highest BCUT2D eigenvalue weighted by Gasteiger charge is 2.49. The number of rotatable bonds is 17. The molecule has 2 aliphatic rings. The average molecular weight is 443 g/mol. The fraction of sp³-hybridized carbons (Fsp3) is 0.917. The van der Waals surface area contributed by atoms with Crippen molar-refractivity contribution in [2.75, 3.05) is 13.2 Å². The Labute approximate surface area is 186 Å². The van der Waals surface area contributed by atoms with E-state index in [1.165, 1.54) is 12.8 Å². The fourth-order valence-electron chi connectivity index (χ4n) is 4.54. The van der Waals surface area contributed by atoms with Gasteiger partial charge in [-0.3, -0.25) is 9.59 Å². The summed E-state index contributed by atoms with van der Waals surface area (Å²) >= 11 is 0. The Morgan fingerprint density at radius 1 is 0.871 bits per heavy atom. The van der Waals surface area contributed by atoms with E-state index in [-0.39, 0.29) is 37.1 Å². The second kappa shape index (κ2) is 14.8. The van der Waals surface area contributed by atoms with Gasteiger partial charge in [-0.05, 0) is 19.3 Å². The summed E-state index contributed by atoms with van der Waals surface area (Å²) in [4.78, 5) is 23.4. The molecule has 31 heavy (non-hydrogen) atoms. The number of aliphatic hydroxyl groups is 1. The van der Waals surface area contributed by atoms with Crippen LogP contribution in [0.25, 0.3) is 0 Å². The summed E-state index contributed by atoms with van der Waals surface area (Å²) in [5, 5.41) is 18.5. The lowest BCUT2D eigenvalue weighted by Crippen LogP contribution is -2.35. The molecule has 180 valence electrons. The molecular formula is C24H42O7. The molecule has 2 saturated heterocycles. The summed E-state index contributed by atoms with van der Waals surface area (Å²) in [6.45, 7) is 2.71. The molecule has 7 nitrogen and oxygen atoms in total. The van der Waals surface area contributed by atoms with Crippen LogP contribution in [0.2, 0.25) is 0 Å². The third kappa shape index (κ3) is 9.46. The first-order valence-corrected chi connectivity index (χ1v) is 12.4. The molecule has 2 fully saturated rings. The highest BCUT2D eigenvalue weighted by molar-refractivity contribution is 5.72. The van der Waals surface area contributed by atoms with E-state index in [0.29, 0.717) is 6.61 Å². The summed E-state index contributed by atoms with van der Waals surface area (Å²) in [5.41, 5.74) is 0. The minimum Gasteiger partial charge on any atom is -0.481 e. The van der Waals surface area contributed by atoms with Crippen molar-refractivity contribution >= 4 is 11.9 Å². The number of carbonyl (C=O) groups excluding carboxylic acids is 1. The predicted molar refractivity (Wildman–Crippen MR) is 117 cm³/mol. The van der Waals surface area contributed by atoms with Crippen molar-refractivity contribution in [1.29, 1.82) is 0 Å². The third-order valence-electron chi connectivity index (χ3n) is 6.43. The molecule has 0 saturated carbocycles. The molecular weight excluding hydrogens is 400 g/mol. The van der Waals surface area contributed by atoms with Gasteiger partial charge in [0.15, 0.2) is 6.10 Å². The number of unbranched alkanes of at least 4 members (excludes halogenated alkanes) is 9. The topological polar surface area (TPSA) is 102 Å². The first-order valence-electron chi connectivity index (χ1n) is 12.4. The number of hydrogen-bond donors (Lipinski definition) is 2. The summed E-state index contributed by atoms with van der Waals surface area (Å²) < 4.78 is 16.9. The smallest absolute Gasteiger partial charge is 0.309 e. The van der Waals surface area contributed by atoms with E-state index >= 15 is 0 Å². The molecule has 0 aromatic carbocycles. The molecule has 2 rings (SSSR count). The molecule has 0 bridgehead atoms. The molecule has 2 heterocycles. The van der Waals surface area contributed by atoms with Crippen LogP contribution in [0.3, 0.4) is 0 Å². The van der Waals surface area contributed by atoms with Crippen LogP contribution in [-0.2, 0) is 23.8 Å². The van der Waals surface area contributed by atoms with E-state index in [9.17, 15) is 14.7 Å². The molecule has 0 aromatic rings. The number of aliphatic carboxylic acids is 1. The van der Waals surface area contributed by atoms with E-state index in [1.54, 1.807) is 0 Å². The van der Waals surface area contributed by atoms with Crippen molar-refractivity contribution < 1.29 is 34.0 Å². The van der Waals surface area contributed by atoms with Crippen LogP contribution >= 0.6 is 0 Å². The largest absolute Gasteiger partial charge is 0.481 e. The standard InChI is InChI=1S/C24H42O7/c1-2-3-4-10-13-18(14-11-8-6-5-7-9-12-15-21(26)27)24(28)31-20-17-30-22-19(25)16-29-23(20)22/h18-20,22-23,25H,2-17H2,1H3,(H,26,27)/t18?,19-,20+,22-,23-/m1/s1. The van der Waals surface area contributed by atoms with Crippen molar-refractivity contribution in [3.05, 3.63) is 0 Å². The third-order valence-corrected chi connectivity index (χ3v) is 6.43. The van der Waals surface area contributed by atoms with Crippen LogP contribution in [0.15, 0.2) is 0 Å². The van der Waals surface area contributed by atoms with Crippen LogP contribution < -0.4 is 0 Å². The first kappa shape index (κ1) is 26.1. The van der Waals surface area contributed by atoms with E-state index in [1.807, 2.05) is 0 Å². The van der Waals surface area contributed by atoms with Gasteiger partial charge < -0.3 is 24.4 Å². The van der Waals surface area contributed by atoms with Gasteiger partial charge in [-0.2, -0.15) is 0 Å². The Hall–Kier alpha value is -1.18. The summed E-state index contributed by atoms with van der Waals surface area (Å²) in [5.74, 6) is -0.950. The van der Waals surface area contributed by atoms with Crippen LogP contribution in [0.1, 0.15) is 96.8 Å². The quantitative estimate of drug-likeness (QED) is 0.257. The zero-order valence-corrected chi connectivity index (χ0v) is 19.1. The summed E-state index contributed by atoms with van der Waals surface area (Å²) in [6.07, 6.45) is 11.9. The Bertz CT molecular complexity index is 524. The van der Waals surface area contributed by atoms with Gasteiger partial charge in [0.25, 0.3) is 0 Å². The van der Waals surface area contributed by atoms with Gasteiger partial charge in [-0.25, -0.2) is 0 Å². The second-order valence-corrected chi connectivity index (χ2v) is 9.09. The van der Waals surface area contributed by atoms with Crippen molar-refractivity contribution in [2.45, 2.75) is 121 Å². The van der Waals surface area contributed by atoms with Crippen molar-refractivity contribution in [3.63, 3.8) is 0 Å². The molecule has 2 N–H and O–H groups in total. The summed E-state index contributed by atoms with van der Waals surface area (Å²) in [6, 6.07) is 0. The van der Waals surface area contributed by atoms with Gasteiger partial charge in [0, 0.05) is 6.42 Å². The average Bonchev–Trinajstić information content (AvgIpc) is 3.31. The van der Waals surface area contributed by atoms with Gasteiger partial charge in [-0.15, -0.1) is 0 Å². The van der Waals surface area contributed by atoms with Gasteiger partial charge in [0.1, 0.15) is 18.3 Å². The monoisotopic (exact) mass is 442 g/mol. The van der Waals surface area contributed by atoms with Crippen molar-refractivity contribution in [3.8, 4) is 0 Å². The number of esters is 1. The van der Waals surface area contributed by atoms with E-state index < -0.39 is 18.2 Å². The SMILES string of the molecule is CCCCCCC(CCCCCCCCCC(=O)O)C(=O)O[C@H]1CO[C@H]2[C@@H]1OC[C@H]2O. The number of carboxylic acids is 1. The van der Waals surface area contributed by atoms with Crippen LogP contribution in [0, 0.1) is 5.92 Å². The van der Waals surface area contributed by atoms with Gasteiger partial charge in [-0.1, -0.05) is 71.1 Å². The normalized spacial score (nSPS) is 26.0. The van der Waals surface area contributed by atoms with Crippen LogP contribution in [-0.4, -0.2) is 59.8 Å². The second-order valence-electron chi connectivity index (χ2n) is 9.09. The van der Waals surface area contributed by atoms with Crippen LogP contribution in [0.5, 0.6) is 0 Å². The summed E-state index contributed by atoms with van der Waals surface area (Å²) in [7, 11) is 0. The lowest BCUT2D eigenvalue weighted by Gasteiger charge is -2.21. The van der Waals surface area contributed by atoms with E-state index in [0.717, 1.165) is 70.6 Å². The minimum absolute atomic E-state index is 0.0854. The number of ether oxygens (including phenoxy) is 3. The van der Waals surface area contributed by atoms with Gasteiger partial charge >= 0.3 is 11.9 Å². The molecule has 1 unspecified atom stereocenters. The number of hydrogen-bond acceptors (Lipinski definition) is 6. The maximum absolute atomic E-state index is 12.9. The Kier molecular flexibility index (Phi) is 12.4. The van der Waals surface area contributed by atoms with Crippen LogP contribution in [0.4, 0.5) is 0 Å². The molecule has 5 atom stereocenters. The predicted octanol–water partition coefficient (Wildman–Crippen LogP) is 4.24. The number of carboxylic acid groups (broad SMARTS) is 1.